The van der Waals surface area contributed by atoms with E-state index >= 15 is 0 Å². The van der Waals surface area contributed by atoms with Crippen LogP contribution in [-0.4, -0.2) is 47.0 Å². The number of hydrogen-bond acceptors (Lipinski definition) is 5. The van der Waals surface area contributed by atoms with Crippen LogP contribution >= 0.6 is 0 Å². The summed E-state index contributed by atoms with van der Waals surface area (Å²) in [7, 11) is 0. The van der Waals surface area contributed by atoms with Crippen LogP contribution in [0.25, 0.3) is 0 Å². The zero-order valence-electron chi connectivity index (χ0n) is 18.1. The van der Waals surface area contributed by atoms with Gasteiger partial charge in [-0.05, 0) is 58.4 Å². The Hall–Kier alpha value is -2.11. The van der Waals surface area contributed by atoms with Gasteiger partial charge in [-0.15, -0.1) is 0 Å². The molecule has 2 aliphatic heterocycles. The number of rotatable bonds is 3. The van der Waals surface area contributed by atoms with E-state index in [-0.39, 0.29) is 23.7 Å². The molecule has 6 heteroatoms. The number of amides is 1. The van der Waals surface area contributed by atoms with Gasteiger partial charge in [-0.25, -0.2) is 0 Å². The topological polar surface area (TPSA) is 62.7 Å². The fourth-order valence-corrected chi connectivity index (χ4v) is 4.60. The van der Waals surface area contributed by atoms with E-state index < -0.39 is 5.60 Å². The van der Waals surface area contributed by atoms with Crippen molar-refractivity contribution in [2.24, 2.45) is 17.8 Å². The third kappa shape index (κ3) is 4.41. The first kappa shape index (κ1) is 20.2. The van der Waals surface area contributed by atoms with Crippen molar-refractivity contribution in [2.75, 3.05) is 24.5 Å². The molecular formula is C23H33N3O3. The maximum Gasteiger partial charge on any atom is 0.309 e. The van der Waals surface area contributed by atoms with Crippen LogP contribution in [0.5, 0.6) is 0 Å². The summed E-state index contributed by atoms with van der Waals surface area (Å²) in [5.74, 6) is 0.673. The summed E-state index contributed by atoms with van der Waals surface area (Å²) in [6, 6.07) is 2.09. The highest BCUT2D eigenvalue weighted by Gasteiger charge is 2.37. The van der Waals surface area contributed by atoms with E-state index in [0.29, 0.717) is 12.5 Å². The van der Waals surface area contributed by atoms with Gasteiger partial charge in [0.25, 0.3) is 0 Å². The highest BCUT2D eigenvalue weighted by Crippen LogP contribution is 2.36. The first-order valence-corrected chi connectivity index (χ1v) is 11.0. The summed E-state index contributed by atoms with van der Waals surface area (Å²) in [6.07, 6.45) is 5.61. The second-order valence-corrected chi connectivity index (χ2v) is 9.89. The quantitative estimate of drug-likeness (QED) is 0.731. The summed E-state index contributed by atoms with van der Waals surface area (Å²) in [4.78, 5) is 34.0. The summed E-state index contributed by atoms with van der Waals surface area (Å²) in [6.45, 7) is 11.0. The molecule has 1 aromatic heterocycles. The Balaban J connectivity index is 1.45. The molecule has 2 atom stereocenters. The second kappa shape index (κ2) is 7.62. The maximum absolute atomic E-state index is 12.6. The molecule has 0 bridgehead atoms. The van der Waals surface area contributed by atoms with Crippen molar-refractivity contribution < 1.29 is 14.3 Å². The van der Waals surface area contributed by atoms with Crippen LogP contribution in [0, 0.1) is 17.8 Å². The molecule has 158 valence electrons. The Labute approximate surface area is 173 Å². The minimum atomic E-state index is -0.443. The molecule has 2 unspecified atom stereocenters. The largest absolute Gasteiger partial charge is 0.460 e. The number of carbonyl (C=O) groups excluding carboxylic acids is 2. The van der Waals surface area contributed by atoms with E-state index in [1.54, 1.807) is 0 Å². The van der Waals surface area contributed by atoms with Crippen LogP contribution in [-0.2, 0) is 27.3 Å². The van der Waals surface area contributed by atoms with Crippen molar-refractivity contribution in [1.82, 2.24) is 9.88 Å². The number of ether oxygens (including phenoxy) is 1. The van der Waals surface area contributed by atoms with Gasteiger partial charge in [0.05, 0.1) is 18.2 Å². The van der Waals surface area contributed by atoms with Gasteiger partial charge >= 0.3 is 5.97 Å². The lowest BCUT2D eigenvalue weighted by Gasteiger charge is -2.40. The van der Waals surface area contributed by atoms with E-state index in [1.165, 1.54) is 11.3 Å². The third-order valence-corrected chi connectivity index (χ3v) is 6.29. The summed E-state index contributed by atoms with van der Waals surface area (Å²) in [5, 5.41) is 0. The number of anilines is 1. The standard InChI is InChI=1S/C23H33N3O3/c1-15-13-25(11-8-17(15)22(28)29-23(2,3)4)20-7-10-24-19-14-26(12-9-18(19)20)21(27)16-5-6-16/h7,10,15-17H,5-6,8-9,11-14H2,1-4H3. The minimum absolute atomic E-state index is 0.0465. The number of aromatic nitrogens is 1. The maximum atomic E-state index is 12.6. The zero-order chi connectivity index (χ0) is 20.8. The Morgan fingerprint density at radius 1 is 1.17 bits per heavy atom. The average Bonchev–Trinajstić information content (AvgIpc) is 3.50. The van der Waals surface area contributed by atoms with Crippen LogP contribution in [0.2, 0.25) is 0 Å². The van der Waals surface area contributed by atoms with E-state index in [0.717, 1.165) is 51.0 Å². The van der Waals surface area contributed by atoms with Crippen molar-refractivity contribution in [3.8, 4) is 0 Å². The number of piperidine rings is 1. The molecule has 1 saturated carbocycles. The van der Waals surface area contributed by atoms with Crippen molar-refractivity contribution in [1.29, 1.82) is 0 Å². The number of hydrogen-bond donors (Lipinski definition) is 0. The molecular weight excluding hydrogens is 366 g/mol. The van der Waals surface area contributed by atoms with E-state index in [1.807, 2.05) is 31.9 Å². The zero-order valence-corrected chi connectivity index (χ0v) is 18.1. The molecule has 1 aliphatic carbocycles. The van der Waals surface area contributed by atoms with Gasteiger partial charge in [0.15, 0.2) is 0 Å². The van der Waals surface area contributed by atoms with Gasteiger partial charge in [0.2, 0.25) is 5.91 Å². The van der Waals surface area contributed by atoms with Crippen LogP contribution in [0.1, 0.15) is 58.2 Å². The molecule has 2 fully saturated rings. The van der Waals surface area contributed by atoms with Crippen LogP contribution in [0.15, 0.2) is 12.3 Å². The number of carbonyl (C=O) groups is 2. The summed E-state index contributed by atoms with van der Waals surface area (Å²) >= 11 is 0. The Morgan fingerprint density at radius 2 is 1.93 bits per heavy atom. The molecule has 0 N–H and O–H groups in total. The normalized spacial score (nSPS) is 24.8. The molecule has 4 rings (SSSR count). The van der Waals surface area contributed by atoms with E-state index in [2.05, 4.69) is 22.9 Å². The van der Waals surface area contributed by atoms with Gasteiger partial charge < -0.3 is 14.5 Å². The predicted molar refractivity (Wildman–Crippen MR) is 111 cm³/mol. The van der Waals surface area contributed by atoms with Gasteiger partial charge in [0, 0.05) is 43.0 Å². The fraction of sp³-hybridized carbons (Fsp3) is 0.696. The predicted octanol–water partition coefficient (Wildman–Crippen LogP) is 3.18. The van der Waals surface area contributed by atoms with Crippen molar-refractivity contribution in [3.63, 3.8) is 0 Å². The van der Waals surface area contributed by atoms with Crippen molar-refractivity contribution >= 4 is 17.6 Å². The summed E-state index contributed by atoms with van der Waals surface area (Å²) < 4.78 is 5.63. The number of nitrogens with zero attached hydrogens (tertiary/aromatic N) is 3. The highest BCUT2D eigenvalue weighted by atomic mass is 16.6. The van der Waals surface area contributed by atoms with Crippen LogP contribution in [0.3, 0.4) is 0 Å². The lowest BCUT2D eigenvalue weighted by molar-refractivity contribution is -0.162. The highest BCUT2D eigenvalue weighted by molar-refractivity contribution is 5.81. The molecule has 0 spiro atoms. The lowest BCUT2D eigenvalue weighted by Crippen LogP contribution is -2.45. The van der Waals surface area contributed by atoms with E-state index in [9.17, 15) is 9.59 Å². The molecule has 6 nitrogen and oxygen atoms in total. The monoisotopic (exact) mass is 399 g/mol. The Bertz CT molecular complexity index is 797. The SMILES string of the molecule is CC1CN(c2ccnc3c2CCN(C(=O)C2CC2)C3)CCC1C(=O)OC(C)(C)C. The van der Waals surface area contributed by atoms with Crippen LogP contribution < -0.4 is 4.90 Å². The molecule has 1 aromatic rings. The number of esters is 1. The second-order valence-electron chi connectivity index (χ2n) is 9.89. The minimum Gasteiger partial charge on any atom is -0.460 e. The molecule has 1 saturated heterocycles. The Kier molecular flexibility index (Phi) is 5.30. The molecule has 0 radical (unpaired) electrons. The van der Waals surface area contributed by atoms with Gasteiger partial charge in [-0.1, -0.05) is 6.92 Å². The average molecular weight is 400 g/mol. The molecule has 3 aliphatic rings. The fourth-order valence-electron chi connectivity index (χ4n) is 4.60. The molecule has 1 amide bonds. The lowest BCUT2D eigenvalue weighted by atomic mass is 9.86. The third-order valence-electron chi connectivity index (χ3n) is 6.29. The molecule has 3 heterocycles. The van der Waals surface area contributed by atoms with Crippen molar-refractivity contribution in [3.05, 3.63) is 23.5 Å². The van der Waals surface area contributed by atoms with Gasteiger partial charge in [-0.2, -0.15) is 0 Å². The number of fused-ring (bicyclic) bond motifs is 1. The number of pyridine rings is 1. The smallest absolute Gasteiger partial charge is 0.309 e. The van der Waals surface area contributed by atoms with E-state index in [4.69, 9.17) is 4.74 Å². The summed E-state index contributed by atoms with van der Waals surface area (Å²) in [5.41, 5.74) is 3.09. The van der Waals surface area contributed by atoms with Gasteiger partial charge in [0.1, 0.15) is 5.60 Å². The van der Waals surface area contributed by atoms with Crippen LogP contribution in [0.4, 0.5) is 5.69 Å². The van der Waals surface area contributed by atoms with Gasteiger partial charge in [-0.3, -0.25) is 14.6 Å². The molecule has 29 heavy (non-hydrogen) atoms. The molecule has 0 aromatic carbocycles. The Morgan fingerprint density at radius 3 is 2.59 bits per heavy atom. The van der Waals surface area contributed by atoms with Crippen molar-refractivity contribution in [2.45, 2.75) is 65.5 Å². The first-order chi connectivity index (χ1) is 13.7. The first-order valence-electron chi connectivity index (χ1n) is 11.0.